The zero-order chi connectivity index (χ0) is 15.3. The quantitative estimate of drug-likeness (QED) is 0.866. The van der Waals surface area contributed by atoms with Crippen molar-refractivity contribution in [2.24, 2.45) is 0 Å². The van der Waals surface area contributed by atoms with Crippen LogP contribution in [-0.4, -0.2) is 27.7 Å². The van der Waals surface area contributed by atoms with Gasteiger partial charge in [0.2, 0.25) is 5.95 Å². The Morgan fingerprint density at radius 1 is 1.05 bits per heavy atom. The van der Waals surface area contributed by atoms with Gasteiger partial charge in [0.25, 0.3) is 0 Å². The third-order valence-electron chi connectivity index (χ3n) is 3.43. The van der Waals surface area contributed by atoms with E-state index in [4.69, 9.17) is 5.73 Å². The molecule has 8 heteroatoms. The van der Waals surface area contributed by atoms with Crippen LogP contribution < -0.4 is 5.73 Å². The number of nitrogen functional groups attached to an aromatic ring is 1. The zero-order valence-electron chi connectivity index (χ0n) is 11.7. The number of ether oxygens (including phenoxy) is 1. The predicted octanol–water partition coefficient (Wildman–Crippen LogP) is 2.97. The minimum absolute atomic E-state index is 0.0369. The van der Waals surface area contributed by atoms with Crippen molar-refractivity contribution in [3.05, 3.63) is 11.6 Å². The summed E-state index contributed by atoms with van der Waals surface area (Å²) in [5, 5.41) is 0. The van der Waals surface area contributed by atoms with Crippen molar-refractivity contribution in [2.75, 3.05) is 12.3 Å². The van der Waals surface area contributed by atoms with Gasteiger partial charge in [0.1, 0.15) is 19.0 Å². The number of nitrogens with two attached hydrogens (primary N) is 1. The maximum atomic E-state index is 12.1. The van der Waals surface area contributed by atoms with Crippen LogP contribution in [0.3, 0.4) is 0 Å². The third kappa shape index (κ3) is 5.45. The van der Waals surface area contributed by atoms with Crippen molar-refractivity contribution in [3.8, 4) is 0 Å². The summed E-state index contributed by atoms with van der Waals surface area (Å²) in [5.41, 5.74) is 5.62. The van der Waals surface area contributed by atoms with E-state index in [0.717, 1.165) is 25.7 Å². The number of hydrogen-bond acceptors (Lipinski definition) is 5. The molecule has 118 valence electrons. The second-order valence-corrected chi connectivity index (χ2v) is 5.26. The Hall–Kier alpha value is -1.44. The van der Waals surface area contributed by atoms with Gasteiger partial charge >= 0.3 is 6.18 Å². The lowest BCUT2D eigenvalue weighted by molar-refractivity contribution is -0.177. The molecule has 0 aliphatic heterocycles. The van der Waals surface area contributed by atoms with Gasteiger partial charge in [0.05, 0.1) is 0 Å². The zero-order valence-corrected chi connectivity index (χ0v) is 11.7. The van der Waals surface area contributed by atoms with Gasteiger partial charge in [-0.05, 0) is 12.8 Å². The van der Waals surface area contributed by atoms with Crippen LogP contribution in [-0.2, 0) is 11.3 Å². The van der Waals surface area contributed by atoms with E-state index in [1.165, 1.54) is 12.8 Å². The standard InChI is InChI=1S/C13H19F3N4O/c14-13(15,16)8-21-7-10-18-11(20-12(17)19-10)9-5-3-1-2-4-6-9/h9H,1-8H2,(H2,17,18,19,20). The van der Waals surface area contributed by atoms with Crippen molar-refractivity contribution in [1.29, 1.82) is 0 Å². The van der Waals surface area contributed by atoms with E-state index in [0.29, 0.717) is 5.82 Å². The van der Waals surface area contributed by atoms with Crippen LogP contribution in [0.25, 0.3) is 0 Å². The van der Waals surface area contributed by atoms with Gasteiger partial charge in [-0.25, -0.2) is 4.98 Å². The minimum atomic E-state index is -4.36. The molecule has 0 bridgehead atoms. The predicted molar refractivity (Wildman–Crippen MR) is 70.4 cm³/mol. The van der Waals surface area contributed by atoms with Crippen LogP contribution in [0.5, 0.6) is 0 Å². The van der Waals surface area contributed by atoms with Crippen molar-refractivity contribution in [1.82, 2.24) is 15.0 Å². The Bertz CT molecular complexity index is 459. The fourth-order valence-electron chi connectivity index (χ4n) is 2.50. The Labute approximate surface area is 121 Å². The number of hydrogen-bond donors (Lipinski definition) is 1. The smallest absolute Gasteiger partial charge is 0.368 e. The third-order valence-corrected chi connectivity index (χ3v) is 3.43. The highest BCUT2D eigenvalue weighted by atomic mass is 19.4. The molecule has 0 saturated heterocycles. The second kappa shape index (κ2) is 7.02. The fraction of sp³-hybridized carbons (Fsp3) is 0.769. The van der Waals surface area contributed by atoms with Crippen LogP contribution in [0.15, 0.2) is 0 Å². The highest BCUT2D eigenvalue weighted by Crippen LogP contribution is 2.29. The van der Waals surface area contributed by atoms with Gasteiger partial charge < -0.3 is 10.5 Å². The number of aromatic nitrogens is 3. The molecule has 1 saturated carbocycles. The molecule has 1 aromatic heterocycles. The van der Waals surface area contributed by atoms with Gasteiger partial charge in [0.15, 0.2) is 5.82 Å². The average molecular weight is 304 g/mol. The lowest BCUT2D eigenvalue weighted by Crippen LogP contribution is -2.18. The van der Waals surface area contributed by atoms with Gasteiger partial charge in [-0.15, -0.1) is 0 Å². The molecule has 0 amide bonds. The van der Waals surface area contributed by atoms with E-state index in [2.05, 4.69) is 19.7 Å². The van der Waals surface area contributed by atoms with Gasteiger partial charge in [-0.3, -0.25) is 0 Å². The Balaban J connectivity index is 2.02. The largest absolute Gasteiger partial charge is 0.411 e. The molecular weight excluding hydrogens is 285 g/mol. The number of nitrogens with zero attached hydrogens (tertiary/aromatic N) is 3. The van der Waals surface area contributed by atoms with E-state index in [9.17, 15) is 13.2 Å². The molecule has 5 nitrogen and oxygen atoms in total. The topological polar surface area (TPSA) is 73.9 Å². The van der Waals surface area contributed by atoms with Crippen molar-refractivity contribution < 1.29 is 17.9 Å². The first-order chi connectivity index (χ1) is 9.94. The molecule has 1 aliphatic rings. The van der Waals surface area contributed by atoms with Gasteiger partial charge in [-0.2, -0.15) is 23.1 Å². The molecule has 1 aliphatic carbocycles. The molecule has 21 heavy (non-hydrogen) atoms. The van der Waals surface area contributed by atoms with E-state index in [-0.39, 0.29) is 24.3 Å². The van der Waals surface area contributed by atoms with Crippen LogP contribution in [0.1, 0.15) is 56.1 Å². The van der Waals surface area contributed by atoms with E-state index >= 15 is 0 Å². The maximum absolute atomic E-state index is 12.1. The molecule has 0 aromatic carbocycles. The lowest BCUT2D eigenvalue weighted by Gasteiger charge is -2.14. The molecule has 1 fully saturated rings. The average Bonchev–Trinajstić information content (AvgIpc) is 2.65. The summed E-state index contributed by atoms with van der Waals surface area (Å²) in [5.74, 6) is 0.982. The number of halogens is 3. The first-order valence-electron chi connectivity index (χ1n) is 7.09. The lowest BCUT2D eigenvalue weighted by atomic mass is 10.00. The Kier molecular flexibility index (Phi) is 5.33. The van der Waals surface area contributed by atoms with Crippen molar-refractivity contribution >= 4 is 5.95 Å². The van der Waals surface area contributed by atoms with Crippen molar-refractivity contribution in [3.63, 3.8) is 0 Å². The molecule has 2 rings (SSSR count). The first-order valence-corrected chi connectivity index (χ1v) is 7.09. The molecule has 0 spiro atoms. The SMILES string of the molecule is Nc1nc(COCC(F)(F)F)nc(C2CCCCCC2)n1. The van der Waals surface area contributed by atoms with Crippen LogP contribution >= 0.6 is 0 Å². The van der Waals surface area contributed by atoms with Crippen LogP contribution in [0, 0.1) is 0 Å². The first kappa shape index (κ1) is 15.9. The Morgan fingerprint density at radius 2 is 1.71 bits per heavy atom. The van der Waals surface area contributed by atoms with E-state index in [1.807, 2.05) is 0 Å². The van der Waals surface area contributed by atoms with Gasteiger partial charge in [-0.1, -0.05) is 25.7 Å². The molecule has 1 aromatic rings. The summed E-state index contributed by atoms with van der Waals surface area (Å²) in [6.07, 6.45) is 2.20. The van der Waals surface area contributed by atoms with E-state index in [1.54, 1.807) is 0 Å². The van der Waals surface area contributed by atoms with E-state index < -0.39 is 12.8 Å². The summed E-state index contributed by atoms with van der Waals surface area (Å²) in [4.78, 5) is 12.2. The number of alkyl halides is 3. The van der Waals surface area contributed by atoms with Crippen LogP contribution in [0.4, 0.5) is 19.1 Å². The van der Waals surface area contributed by atoms with Crippen molar-refractivity contribution in [2.45, 2.75) is 57.2 Å². The molecule has 2 N–H and O–H groups in total. The summed E-state index contributed by atoms with van der Waals surface area (Å²) in [6.45, 7) is -1.64. The minimum Gasteiger partial charge on any atom is -0.368 e. The summed E-state index contributed by atoms with van der Waals surface area (Å²) >= 11 is 0. The highest BCUT2D eigenvalue weighted by Gasteiger charge is 2.27. The summed E-state index contributed by atoms with van der Waals surface area (Å²) in [7, 11) is 0. The molecular formula is C13H19F3N4O. The number of rotatable bonds is 4. The van der Waals surface area contributed by atoms with Gasteiger partial charge in [0, 0.05) is 5.92 Å². The molecule has 0 radical (unpaired) electrons. The second-order valence-electron chi connectivity index (χ2n) is 5.26. The fourth-order valence-corrected chi connectivity index (χ4v) is 2.50. The molecule has 0 unspecified atom stereocenters. The highest BCUT2D eigenvalue weighted by molar-refractivity contribution is 5.17. The normalized spacial score (nSPS) is 17.7. The monoisotopic (exact) mass is 304 g/mol. The molecule has 1 heterocycles. The Morgan fingerprint density at radius 3 is 2.33 bits per heavy atom. The van der Waals surface area contributed by atoms with Crippen LogP contribution in [0.2, 0.25) is 0 Å². The molecule has 0 atom stereocenters. The number of anilines is 1. The summed E-state index contributed by atoms with van der Waals surface area (Å²) in [6, 6.07) is 0. The maximum Gasteiger partial charge on any atom is 0.411 e. The summed E-state index contributed by atoms with van der Waals surface area (Å²) < 4.78 is 40.7.